The lowest BCUT2D eigenvalue weighted by atomic mass is 10.1. The molecule has 2 rings (SSSR count). The highest BCUT2D eigenvalue weighted by Crippen LogP contribution is 2.27. The molecule has 1 aliphatic rings. The third kappa shape index (κ3) is 3.78. The second-order valence-electron chi connectivity index (χ2n) is 5.57. The Kier molecular flexibility index (Phi) is 5.11. The largest absolute Gasteiger partial charge is 0.495 e. The Morgan fingerprint density at radius 3 is 2.41 bits per heavy atom. The molecule has 6 nitrogen and oxygen atoms in total. The Labute approximate surface area is 131 Å². The molecule has 1 fully saturated rings. The number of hydrogen-bond acceptors (Lipinski definition) is 5. The van der Waals surface area contributed by atoms with E-state index in [2.05, 4.69) is 4.72 Å². The fourth-order valence-electron chi connectivity index (χ4n) is 2.32. The molecule has 0 aromatic heterocycles. The summed E-state index contributed by atoms with van der Waals surface area (Å²) < 4.78 is 43.7. The molecular weight excluding hydrogens is 306 g/mol. The number of hydrogen-bond donors (Lipinski definition) is 1. The molecule has 1 aliphatic heterocycles. The third-order valence-electron chi connectivity index (χ3n) is 3.84. The van der Waals surface area contributed by atoms with Crippen LogP contribution in [0.1, 0.15) is 24.5 Å². The quantitative estimate of drug-likeness (QED) is 0.860. The minimum atomic E-state index is -3.65. The van der Waals surface area contributed by atoms with E-state index >= 15 is 0 Å². The van der Waals surface area contributed by atoms with E-state index in [-0.39, 0.29) is 11.4 Å². The first kappa shape index (κ1) is 17.2. The van der Waals surface area contributed by atoms with Crippen LogP contribution in [-0.4, -0.2) is 41.1 Å². The number of sulfonamides is 1. The SMILES string of the molecule is COc1cc(C)c(C)cc1S(=O)(=O)NCCC1(C)OCCO1. The monoisotopic (exact) mass is 329 g/mol. The molecule has 1 N–H and O–H groups in total. The van der Waals surface area contributed by atoms with Crippen LogP contribution in [0.25, 0.3) is 0 Å². The van der Waals surface area contributed by atoms with Gasteiger partial charge in [-0.25, -0.2) is 13.1 Å². The van der Waals surface area contributed by atoms with E-state index in [1.54, 1.807) is 12.1 Å². The van der Waals surface area contributed by atoms with E-state index in [9.17, 15) is 8.42 Å². The highest BCUT2D eigenvalue weighted by molar-refractivity contribution is 7.89. The van der Waals surface area contributed by atoms with Crippen molar-refractivity contribution in [2.45, 2.75) is 37.9 Å². The van der Waals surface area contributed by atoms with Crippen LogP contribution in [0.15, 0.2) is 17.0 Å². The molecule has 22 heavy (non-hydrogen) atoms. The summed E-state index contributed by atoms with van der Waals surface area (Å²) in [6.07, 6.45) is 0.444. The van der Waals surface area contributed by atoms with Gasteiger partial charge in [-0.15, -0.1) is 0 Å². The summed E-state index contributed by atoms with van der Waals surface area (Å²) in [5.74, 6) is -0.370. The highest BCUT2D eigenvalue weighted by Gasteiger charge is 2.31. The van der Waals surface area contributed by atoms with Gasteiger partial charge in [-0.1, -0.05) is 0 Å². The molecule has 1 saturated heterocycles. The molecule has 0 amide bonds. The molecular formula is C15H23NO5S. The van der Waals surface area contributed by atoms with E-state index in [0.29, 0.717) is 25.4 Å². The number of rotatable bonds is 6. The highest BCUT2D eigenvalue weighted by atomic mass is 32.2. The van der Waals surface area contributed by atoms with Crippen molar-refractivity contribution in [1.29, 1.82) is 0 Å². The van der Waals surface area contributed by atoms with E-state index in [1.807, 2.05) is 20.8 Å². The first-order chi connectivity index (χ1) is 10.3. The molecule has 1 aromatic carbocycles. The van der Waals surface area contributed by atoms with Crippen molar-refractivity contribution < 1.29 is 22.6 Å². The van der Waals surface area contributed by atoms with Gasteiger partial charge in [0.1, 0.15) is 10.6 Å². The predicted molar refractivity (Wildman–Crippen MR) is 82.6 cm³/mol. The number of nitrogens with one attached hydrogen (secondary N) is 1. The van der Waals surface area contributed by atoms with Gasteiger partial charge in [0.25, 0.3) is 0 Å². The Hall–Kier alpha value is -1.15. The fourth-order valence-corrected chi connectivity index (χ4v) is 3.59. The molecule has 0 aliphatic carbocycles. The lowest BCUT2D eigenvalue weighted by Gasteiger charge is -2.22. The van der Waals surface area contributed by atoms with Crippen LogP contribution in [0.2, 0.25) is 0 Å². The first-order valence-electron chi connectivity index (χ1n) is 7.20. The maximum absolute atomic E-state index is 12.5. The van der Waals surface area contributed by atoms with Crippen molar-refractivity contribution in [1.82, 2.24) is 4.72 Å². The zero-order chi connectivity index (χ0) is 16.4. The van der Waals surface area contributed by atoms with Gasteiger partial charge in [0.05, 0.1) is 20.3 Å². The average molecular weight is 329 g/mol. The third-order valence-corrected chi connectivity index (χ3v) is 5.32. The van der Waals surface area contributed by atoms with Gasteiger partial charge in [0.15, 0.2) is 5.79 Å². The molecule has 0 bridgehead atoms. The van der Waals surface area contributed by atoms with Crippen molar-refractivity contribution in [2.75, 3.05) is 26.9 Å². The van der Waals surface area contributed by atoms with Gasteiger partial charge in [-0.05, 0) is 44.0 Å². The molecule has 1 heterocycles. The van der Waals surface area contributed by atoms with E-state index in [1.165, 1.54) is 7.11 Å². The summed E-state index contributed by atoms with van der Waals surface area (Å²) in [5.41, 5.74) is 1.88. The number of benzene rings is 1. The molecule has 0 radical (unpaired) electrons. The molecule has 0 atom stereocenters. The van der Waals surface area contributed by atoms with E-state index < -0.39 is 15.8 Å². The van der Waals surface area contributed by atoms with Crippen molar-refractivity contribution in [3.8, 4) is 5.75 Å². The van der Waals surface area contributed by atoms with Gasteiger partial charge in [0, 0.05) is 13.0 Å². The van der Waals surface area contributed by atoms with E-state index in [4.69, 9.17) is 14.2 Å². The minimum absolute atomic E-state index is 0.150. The fraction of sp³-hybridized carbons (Fsp3) is 0.600. The van der Waals surface area contributed by atoms with Crippen LogP contribution < -0.4 is 9.46 Å². The number of methoxy groups -OCH3 is 1. The van der Waals surface area contributed by atoms with Crippen LogP contribution >= 0.6 is 0 Å². The second kappa shape index (κ2) is 6.54. The molecule has 0 spiro atoms. The van der Waals surface area contributed by atoms with Crippen molar-refractivity contribution in [2.24, 2.45) is 0 Å². The normalized spacial score (nSPS) is 17.6. The van der Waals surface area contributed by atoms with Gasteiger partial charge in [-0.3, -0.25) is 0 Å². The smallest absolute Gasteiger partial charge is 0.244 e. The average Bonchev–Trinajstić information content (AvgIpc) is 2.87. The lowest BCUT2D eigenvalue weighted by molar-refractivity contribution is -0.145. The van der Waals surface area contributed by atoms with E-state index in [0.717, 1.165) is 11.1 Å². The molecule has 0 unspecified atom stereocenters. The van der Waals surface area contributed by atoms with Crippen LogP contribution in [0.4, 0.5) is 0 Å². The molecule has 124 valence electrons. The van der Waals surface area contributed by atoms with Crippen LogP contribution in [0.5, 0.6) is 5.75 Å². The van der Waals surface area contributed by atoms with Crippen LogP contribution in [-0.2, 0) is 19.5 Å². The van der Waals surface area contributed by atoms with Crippen molar-refractivity contribution in [3.05, 3.63) is 23.3 Å². The summed E-state index contributed by atoms with van der Waals surface area (Å²) in [4.78, 5) is 0.150. The Bertz CT molecular complexity index is 636. The maximum Gasteiger partial charge on any atom is 0.244 e. The second-order valence-corrected chi connectivity index (χ2v) is 7.30. The summed E-state index contributed by atoms with van der Waals surface area (Å²) in [5, 5.41) is 0. The summed E-state index contributed by atoms with van der Waals surface area (Å²) in [6.45, 7) is 6.90. The summed E-state index contributed by atoms with van der Waals surface area (Å²) in [6, 6.07) is 3.36. The minimum Gasteiger partial charge on any atom is -0.495 e. The first-order valence-corrected chi connectivity index (χ1v) is 8.68. The molecule has 0 saturated carbocycles. The molecule has 7 heteroatoms. The topological polar surface area (TPSA) is 73.9 Å². The number of aryl methyl sites for hydroxylation is 2. The van der Waals surface area contributed by atoms with Crippen LogP contribution in [0, 0.1) is 13.8 Å². The van der Waals surface area contributed by atoms with Gasteiger partial charge >= 0.3 is 0 Å². The summed E-state index contributed by atoms with van der Waals surface area (Å²) >= 11 is 0. The Morgan fingerprint density at radius 2 is 1.82 bits per heavy atom. The predicted octanol–water partition coefficient (Wildman–Crippen LogP) is 1.74. The Balaban J connectivity index is 2.11. The molecule has 1 aromatic rings. The standard InChI is InChI=1S/C15H23NO5S/c1-11-9-13(19-4)14(10-12(11)2)22(17,18)16-6-5-15(3)20-7-8-21-15/h9-10,16H,5-8H2,1-4H3. The van der Waals surface area contributed by atoms with Crippen LogP contribution in [0.3, 0.4) is 0 Å². The maximum atomic E-state index is 12.5. The van der Waals surface area contributed by atoms with Gasteiger partial charge in [0.2, 0.25) is 10.0 Å². The van der Waals surface area contributed by atoms with Crippen molar-refractivity contribution >= 4 is 10.0 Å². The zero-order valence-corrected chi connectivity index (χ0v) is 14.2. The zero-order valence-electron chi connectivity index (χ0n) is 13.4. The van der Waals surface area contributed by atoms with Gasteiger partial charge in [-0.2, -0.15) is 0 Å². The van der Waals surface area contributed by atoms with Crippen molar-refractivity contribution in [3.63, 3.8) is 0 Å². The van der Waals surface area contributed by atoms with Gasteiger partial charge < -0.3 is 14.2 Å². The number of ether oxygens (including phenoxy) is 3. The Morgan fingerprint density at radius 1 is 1.23 bits per heavy atom. The lowest BCUT2D eigenvalue weighted by Crippen LogP contribution is -2.33. The summed E-state index contributed by atoms with van der Waals surface area (Å²) in [7, 11) is -2.18.